The summed E-state index contributed by atoms with van der Waals surface area (Å²) in [5, 5.41) is 27.0. The van der Waals surface area contributed by atoms with Gasteiger partial charge in [-0.05, 0) is 26.3 Å². The van der Waals surface area contributed by atoms with Gasteiger partial charge in [0.25, 0.3) is 0 Å². The number of aliphatic hydroxyl groups is 1. The number of benzene rings is 1. The Kier molecular flexibility index (Phi) is 3.78. The van der Waals surface area contributed by atoms with Crippen LogP contribution in [0.3, 0.4) is 0 Å². The second kappa shape index (κ2) is 5.25. The second-order valence-electron chi connectivity index (χ2n) is 5.48. The summed E-state index contributed by atoms with van der Waals surface area (Å²) in [7, 11) is 0. The number of nitrogens with two attached hydrogens (primary N) is 2. The summed E-state index contributed by atoms with van der Waals surface area (Å²) in [4.78, 5) is 0. The molecular weight excluding hydrogens is 272 g/mol. The van der Waals surface area contributed by atoms with E-state index in [2.05, 4.69) is 10.2 Å². The zero-order valence-corrected chi connectivity index (χ0v) is 12.3. The van der Waals surface area contributed by atoms with Crippen LogP contribution in [-0.2, 0) is 6.42 Å². The van der Waals surface area contributed by atoms with Crippen molar-refractivity contribution in [1.29, 1.82) is 0 Å². The number of phenols is 1. The van der Waals surface area contributed by atoms with Crippen molar-refractivity contribution in [3.05, 3.63) is 22.3 Å². The molecule has 0 spiro atoms. The van der Waals surface area contributed by atoms with E-state index in [4.69, 9.17) is 16.2 Å². The van der Waals surface area contributed by atoms with Gasteiger partial charge >= 0.3 is 0 Å². The number of rotatable bonds is 3. The Bertz CT molecular complexity index is 636. The number of ether oxygens (including phenoxy) is 1. The number of guanidine groups is 1. The number of aliphatic hydroxyl groups excluding tert-OH is 1. The first kappa shape index (κ1) is 15.1. The quantitative estimate of drug-likeness (QED) is 0.362. The van der Waals surface area contributed by atoms with E-state index in [1.165, 1.54) is 6.21 Å². The van der Waals surface area contributed by atoms with Crippen molar-refractivity contribution < 1.29 is 14.9 Å². The molecule has 0 aliphatic carbocycles. The van der Waals surface area contributed by atoms with Crippen LogP contribution in [-0.4, -0.2) is 34.6 Å². The fraction of sp³-hybridized carbons (Fsp3) is 0.429. The summed E-state index contributed by atoms with van der Waals surface area (Å²) in [6.07, 6.45) is 1.93. The van der Waals surface area contributed by atoms with Gasteiger partial charge in [0.1, 0.15) is 17.1 Å². The predicted octanol–water partition coefficient (Wildman–Crippen LogP) is 0.302. The van der Waals surface area contributed by atoms with E-state index in [1.54, 1.807) is 6.92 Å². The molecule has 1 aliphatic rings. The number of fused-ring (bicyclic) bond motifs is 1. The number of nitrogens with zero attached hydrogens (tertiary/aromatic N) is 2. The maximum atomic E-state index is 10.3. The van der Waals surface area contributed by atoms with Gasteiger partial charge in [-0.15, -0.1) is 5.10 Å². The van der Waals surface area contributed by atoms with Gasteiger partial charge in [0.2, 0.25) is 5.96 Å². The highest BCUT2D eigenvalue weighted by molar-refractivity contribution is 5.89. The van der Waals surface area contributed by atoms with Gasteiger partial charge in [0.05, 0.1) is 12.8 Å². The largest absolute Gasteiger partial charge is 0.507 e. The van der Waals surface area contributed by atoms with E-state index in [0.717, 1.165) is 11.1 Å². The number of hydrogen-bond donors (Lipinski definition) is 4. The molecule has 1 heterocycles. The molecule has 0 amide bonds. The van der Waals surface area contributed by atoms with Gasteiger partial charge < -0.3 is 26.4 Å². The van der Waals surface area contributed by atoms with Crippen LogP contribution in [0.5, 0.6) is 11.5 Å². The van der Waals surface area contributed by atoms with Gasteiger partial charge in [-0.1, -0.05) is 0 Å². The Hall–Kier alpha value is -2.28. The van der Waals surface area contributed by atoms with Crippen molar-refractivity contribution in [3.8, 4) is 11.5 Å². The molecule has 1 aromatic carbocycles. The molecule has 21 heavy (non-hydrogen) atoms. The van der Waals surface area contributed by atoms with Crippen LogP contribution in [0.25, 0.3) is 0 Å². The molecule has 0 radical (unpaired) electrons. The zero-order valence-electron chi connectivity index (χ0n) is 12.3. The first-order chi connectivity index (χ1) is 9.79. The topological polar surface area (TPSA) is 126 Å². The highest BCUT2D eigenvalue weighted by Gasteiger charge is 2.37. The molecule has 6 N–H and O–H groups in total. The SMILES string of the molecule is Cc1c(O)c(/C=N/N=C(N)N)c(C)c2c1CC(C)(CO)O2. The van der Waals surface area contributed by atoms with E-state index in [-0.39, 0.29) is 18.3 Å². The lowest BCUT2D eigenvalue weighted by atomic mass is 9.93. The van der Waals surface area contributed by atoms with Gasteiger partial charge in [-0.25, -0.2) is 0 Å². The molecule has 0 aromatic heterocycles. The molecule has 114 valence electrons. The first-order valence-electron chi connectivity index (χ1n) is 6.56. The van der Waals surface area contributed by atoms with Gasteiger partial charge in [0, 0.05) is 23.1 Å². The summed E-state index contributed by atoms with van der Waals surface area (Å²) in [6, 6.07) is 0. The molecule has 0 saturated heterocycles. The fourth-order valence-electron chi connectivity index (χ4n) is 2.45. The summed E-state index contributed by atoms with van der Waals surface area (Å²) < 4.78 is 5.87. The summed E-state index contributed by atoms with van der Waals surface area (Å²) >= 11 is 0. The van der Waals surface area contributed by atoms with Crippen molar-refractivity contribution in [2.75, 3.05) is 6.61 Å². The molecule has 7 nitrogen and oxygen atoms in total. The predicted molar refractivity (Wildman–Crippen MR) is 80.8 cm³/mol. The third kappa shape index (κ3) is 2.64. The van der Waals surface area contributed by atoms with Gasteiger partial charge in [-0.2, -0.15) is 5.10 Å². The van der Waals surface area contributed by atoms with Gasteiger partial charge in [0.15, 0.2) is 0 Å². The van der Waals surface area contributed by atoms with Crippen LogP contribution in [0.1, 0.15) is 29.2 Å². The van der Waals surface area contributed by atoms with Crippen molar-refractivity contribution in [3.63, 3.8) is 0 Å². The van der Waals surface area contributed by atoms with Crippen LogP contribution < -0.4 is 16.2 Å². The molecule has 1 atom stereocenters. The number of aromatic hydroxyl groups is 1. The number of hydrogen-bond acceptors (Lipinski definition) is 5. The Morgan fingerprint density at radius 3 is 2.62 bits per heavy atom. The Morgan fingerprint density at radius 1 is 1.38 bits per heavy atom. The van der Waals surface area contributed by atoms with Crippen LogP contribution in [0, 0.1) is 13.8 Å². The van der Waals surface area contributed by atoms with Gasteiger partial charge in [-0.3, -0.25) is 0 Å². The monoisotopic (exact) mass is 292 g/mol. The summed E-state index contributed by atoms with van der Waals surface area (Å²) in [5.74, 6) is 0.630. The standard InChI is InChI=1S/C14H20N4O3/c1-7-9-4-14(3,6-19)21-12(9)8(2)10(11(7)20)5-17-18-13(15)16/h5,19-20H,4,6H2,1-3H3,(H4,15,16,18)/b17-5+. The molecule has 7 heteroatoms. The van der Waals surface area contributed by atoms with E-state index >= 15 is 0 Å². The van der Waals surface area contributed by atoms with E-state index in [1.807, 2.05) is 13.8 Å². The van der Waals surface area contributed by atoms with E-state index in [9.17, 15) is 10.2 Å². The summed E-state index contributed by atoms with van der Waals surface area (Å²) in [6.45, 7) is 5.35. The van der Waals surface area contributed by atoms with Crippen molar-refractivity contribution >= 4 is 12.2 Å². The molecule has 0 bridgehead atoms. The first-order valence-corrected chi connectivity index (χ1v) is 6.56. The highest BCUT2D eigenvalue weighted by Crippen LogP contribution is 2.44. The fourth-order valence-corrected chi connectivity index (χ4v) is 2.45. The minimum atomic E-state index is -0.667. The van der Waals surface area contributed by atoms with Crippen molar-refractivity contribution in [1.82, 2.24) is 0 Å². The average Bonchev–Trinajstić information content (AvgIpc) is 2.79. The lowest BCUT2D eigenvalue weighted by Gasteiger charge is -2.21. The van der Waals surface area contributed by atoms with Crippen LogP contribution in [0.15, 0.2) is 10.2 Å². The molecule has 0 saturated carbocycles. The Morgan fingerprint density at radius 2 is 2.05 bits per heavy atom. The molecule has 1 unspecified atom stereocenters. The third-order valence-corrected chi connectivity index (χ3v) is 3.68. The lowest BCUT2D eigenvalue weighted by molar-refractivity contribution is 0.0442. The molecule has 2 rings (SSSR count). The van der Waals surface area contributed by atoms with Crippen molar-refractivity contribution in [2.24, 2.45) is 21.7 Å². The zero-order chi connectivity index (χ0) is 15.8. The molecule has 1 aromatic rings. The normalized spacial score (nSPS) is 20.4. The maximum Gasteiger partial charge on any atom is 0.211 e. The minimum Gasteiger partial charge on any atom is -0.507 e. The number of phenolic OH excluding ortho intramolecular Hbond substituents is 1. The third-order valence-electron chi connectivity index (χ3n) is 3.68. The second-order valence-corrected chi connectivity index (χ2v) is 5.48. The smallest absolute Gasteiger partial charge is 0.211 e. The van der Waals surface area contributed by atoms with E-state index < -0.39 is 5.60 Å². The van der Waals surface area contributed by atoms with E-state index in [0.29, 0.717) is 23.3 Å². The van der Waals surface area contributed by atoms with Crippen LogP contribution in [0.2, 0.25) is 0 Å². The summed E-state index contributed by atoms with van der Waals surface area (Å²) in [5.41, 5.74) is 12.6. The molecule has 1 aliphatic heterocycles. The Labute approximate surface area is 122 Å². The maximum absolute atomic E-state index is 10.3. The average molecular weight is 292 g/mol. The minimum absolute atomic E-state index is 0.0985. The Balaban J connectivity index is 2.53. The highest BCUT2D eigenvalue weighted by atomic mass is 16.5. The molecular formula is C14H20N4O3. The molecule has 0 fully saturated rings. The van der Waals surface area contributed by atoms with Crippen LogP contribution in [0.4, 0.5) is 0 Å². The van der Waals surface area contributed by atoms with Crippen LogP contribution >= 0.6 is 0 Å². The lowest BCUT2D eigenvalue weighted by Crippen LogP contribution is -2.34. The van der Waals surface area contributed by atoms with Crippen molar-refractivity contribution in [2.45, 2.75) is 32.8 Å².